The van der Waals surface area contributed by atoms with Crippen molar-refractivity contribution in [1.29, 1.82) is 0 Å². The predicted octanol–water partition coefficient (Wildman–Crippen LogP) is 0.971. The second-order valence-electron chi connectivity index (χ2n) is 2.46. The lowest BCUT2D eigenvalue weighted by atomic mass is 10.3. The molecule has 60 valence electrons. The van der Waals surface area contributed by atoms with Crippen LogP contribution >= 0.6 is 0 Å². The summed E-state index contributed by atoms with van der Waals surface area (Å²) in [6.07, 6.45) is 0. The summed E-state index contributed by atoms with van der Waals surface area (Å²) in [6, 6.07) is 9.69. The summed E-state index contributed by atoms with van der Waals surface area (Å²) < 4.78 is 0. The summed E-state index contributed by atoms with van der Waals surface area (Å²) in [7, 11) is 0. The van der Waals surface area contributed by atoms with Gasteiger partial charge in [-0.25, -0.2) is 0 Å². The average Bonchev–Trinajstić information content (AvgIpc) is 2.54. The standard InChI is InChI=1S/C8H8N4/c1-7-9-11-12(10-7)8-5-3-2-4-6-8/h2-6H,1H3. The van der Waals surface area contributed by atoms with Crippen LogP contribution in [0.2, 0.25) is 0 Å². The van der Waals surface area contributed by atoms with Crippen molar-refractivity contribution in [3.63, 3.8) is 0 Å². The first-order chi connectivity index (χ1) is 5.86. The van der Waals surface area contributed by atoms with Gasteiger partial charge in [0, 0.05) is 0 Å². The summed E-state index contributed by atoms with van der Waals surface area (Å²) in [6.45, 7) is 1.81. The SMILES string of the molecule is Cc1nnn(-c2ccccc2)n1. The van der Waals surface area contributed by atoms with Gasteiger partial charge in [-0.15, -0.1) is 15.0 Å². The molecule has 4 nitrogen and oxygen atoms in total. The Bertz CT molecular complexity index is 366. The molecule has 2 aromatic rings. The van der Waals surface area contributed by atoms with Gasteiger partial charge in [0.15, 0.2) is 5.82 Å². The molecule has 0 aliphatic rings. The summed E-state index contributed by atoms with van der Waals surface area (Å²) >= 11 is 0. The number of benzene rings is 1. The molecular formula is C8H8N4. The van der Waals surface area contributed by atoms with E-state index in [9.17, 15) is 0 Å². The molecule has 1 aromatic heterocycles. The Morgan fingerprint density at radius 2 is 1.92 bits per heavy atom. The highest BCUT2D eigenvalue weighted by atomic mass is 15.6. The minimum Gasteiger partial charge on any atom is -0.132 e. The fraction of sp³-hybridized carbons (Fsp3) is 0.125. The number of aromatic nitrogens is 4. The molecule has 4 heteroatoms. The number of aryl methyl sites for hydroxylation is 1. The van der Waals surface area contributed by atoms with Crippen LogP contribution in [0.15, 0.2) is 30.3 Å². The van der Waals surface area contributed by atoms with Crippen LogP contribution in [0.1, 0.15) is 5.82 Å². The van der Waals surface area contributed by atoms with Gasteiger partial charge in [0.2, 0.25) is 0 Å². The molecule has 0 unspecified atom stereocenters. The van der Waals surface area contributed by atoms with E-state index in [4.69, 9.17) is 0 Å². The van der Waals surface area contributed by atoms with Crippen LogP contribution < -0.4 is 0 Å². The zero-order valence-electron chi connectivity index (χ0n) is 6.68. The number of hydrogen-bond donors (Lipinski definition) is 0. The zero-order valence-corrected chi connectivity index (χ0v) is 6.68. The number of rotatable bonds is 1. The third-order valence-corrected chi connectivity index (χ3v) is 1.50. The molecule has 1 aromatic carbocycles. The fourth-order valence-corrected chi connectivity index (χ4v) is 0.955. The first-order valence-corrected chi connectivity index (χ1v) is 3.68. The summed E-state index contributed by atoms with van der Waals surface area (Å²) in [5, 5.41) is 11.7. The maximum absolute atomic E-state index is 4.08. The molecule has 0 aliphatic heterocycles. The number of nitrogens with zero attached hydrogens (tertiary/aromatic N) is 4. The second kappa shape index (κ2) is 2.73. The van der Waals surface area contributed by atoms with Gasteiger partial charge in [0.25, 0.3) is 0 Å². The summed E-state index contributed by atoms with van der Waals surface area (Å²) in [5.74, 6) is 0.679. The Morgan fingerprint density at radius 1 is 1.17 bits per heavy atom. The van der Waals surface area contributed by atoms with E-state index in [0.717, 1.165) is 5.69 Å². The first-order valence-electron chi connectivity index (χ1n) is 3.68. The molecule has 12 heavy (non-hydrogen) atoms. The summed E-state index contributed by atoms with van der Waals surface area (Å²) in [5.41, 5.74) is 0.929. The third kappa shape index (κ3) is 1.18. The molecule has 0 saturated heterocycles. The smallest absolute Gasteiger partial charge is 0.132 e. The molecule has 0 bridgehead atoms. The number of hydrogen-bond acceptors (Lipinski definition) is 3. The second-order valence-corrected chi connectivity index (χ2v) is 2.46. The van der Waals surface area contributed by atoms with Crippen molar-refractivity contribution in [3.05, 3.63) is 36.2 Å². The van der Waals surface area contributed by atoms with Crippen molar-refractivity contribution >= 4 is 0 Å². The molecule has 0 aliphatic carbocycles. The normalized spacial score (nSPS) is 10.1. The Labute approximate surface area is 69.8 Å². The van der Waals surface area contributed by atoms with Gasteiger partial charge in [-0.05, 0) is 24.3 Å². The van der Waals surface area contributed by atoms with Gasteiger partial charge in [-0.3, -0.25) is 0 Å². The van der Waals surface area contributed by atoms with Crippen molar-refractivity contribution in [2.24, 2.45) is 0 Å². The Hall–Kier alpha value is -1.71. The van der Waals surface area contributed by atoms with Crippen LogP contribution in [-0.2, 0) is 0 Å². The highest BCUT2D eigenvalue weighted by molar-refractivity contribution is 5.27. The summed E-state index contributed by atoms with van der Waals surface area (Å²) in [4.78, 5) is 1.51. The average molecular weight is 160 g/mol. The lowest BCUT2D eigenvalue weighted by molar-refractivity contribution is 0.719. The molecular weight excluding hydrogens is 152 g/mol. The predicted molar refractivity (Wildman–Crippen MR) is 43.9 cm³/mol. The van der Waals surface area contributed by atoms with Crippen LogP contribution in [0.5, 0.6) is 0 Å². The molecule has 0 N–H and O–H groups in total. The lowest BCUT2D eigenvalue weighted by Crippen LogP contribution is -1.97. The van der Waals surface area contributed by atoms with Gasteiger partial charge in [-0.1, -0.05) is 18.2 Å². The van der Waals surface area contributed by atoms with E-state index in [1.807, 2.05) is 37.3 Å². The van der Waals surface area contributed by atoms with Crippen molar-refractivity contribution in [2.45, 2.75) is 6.92 Å². The van der Waals surface area contributed by atoms with Crippen LogP contribution in [0.4, 0.5) is 0 Å². The molecule has 0 fully saturated rings. The Morgan fingerprint density at radius 3 is 2.50 bits per heavy atom. The Kier molecular flexibility index (Phi) is 1.59. The van der Waals surface area contributed by atoms with E-state index in [1.165, 1.54) is 4.80 Å². The van der Waals surface area contributed by atoms with Crippen molar-refractivity contribution in [3.8, 4) is 5.69 Å². The maximum Gasteiger partial charge on any atom is 0.172 e. The van der Waals surface area contributed by atoms with Crippen molar-refractivity contribution < 1.29 is 0 Å². The maximum atomic E-state index is 4.08. The van der Waals surface area contributed by atoms with Gasteiger partial charge in [0.1, 0.15) is 0 Å². The van der Waals surface area contributed by atoms with Crippen molar-refractivity contribution in [2.75, 3.05) is 0 Å². The number of para-hydroxylation sites is 1. The van der Waals surface area contributed by atoms with Gasteiger partial charge < -0.3 is 0 Å². The van der Waals surface area contributed by atoms with Crippen molar-refractivity contribution in [1.82, 2.24) is 20.2 Å². The fourth-order valence-electron chi connectivity index (χ4n) is 0.955. The van der Waals surface area contributed by atoms with E-state index in [2.05, 4.69) is 15.4 Å². The lowest BCUT2D eigenvalue weighted by Gasteiger charge is -1.94. The van der Waals surface area contributed by atoms with Gasteiger partial charge >= 0.3 is 0 Å². The molecule has 0 spiro atoms. The van der Waals surface area contributed by atoms with Gasteiger partial charge in [0.05, 0.1) is 5.69 Å². The third-order valence-electron chi connectivity index (χ3n) is 1.50. The monoisotopic (exact) mass is 160 g/mol. The topological polar surface area (TPSA) is 43.6 Å². The van der Waals surface area contributed by atoms with E-state index in [0.29, 0.717) is 5.82 Å². The van der Waals surface area contributed by atoms with E-state index >= 15 is 0 Å². The molecule has 1 heterocycles. The largest absolute Gasteiger partial charge is 0.172 e. The zero-order chi connectivity index (χ0) is 8.39. The van der Waals surface area contributed by atoms with E-state index in [-0.39, 0.29) is 0 Å². The van der Waals surface area contributed by atoms with Crippen LogP contribution in [0.3, 0.4) is 0 Å². The minimum absolute atomic E-state index is 0.679. The molecule has 0 saturated carbocycles. The van der Waals surface area contributed by atoms with Crippen LogP contribution in [0, 0.1) is 6.92 Å². The van der Waals surface area contributed by atoms with Crippen LogP contribution in [-0.4, -0.2) is 20.2 Å². The number of tetrazole rings is 1. The molecule has 0 radical (unpaired) electrons. The quantitative estimate of drug-likeness (QED) is 0.624. The van der Waals surface area contributed by atoms with Gasteiger partial charge in [-0.2, -0.15) is 0 Å². The van der Waals surface area contributed by atoms with E-state index in [1.54, 1.807) is 0 Å². The molecule has 0 amide bonds. The minimum atomic E-state index is 0.679. The first kappa shape index (κ1) is 6.97. The highest BCUT2D eigenvalue weighted by Gasteiger charge is 1.97. The molecule has 0 atom stereocenters. The highest BCUT2D eigenvalue weighted by Crippen LogP contribution is 2.01. The van der Waals surface area contributed by atoms with E-state index < -0.39 is 0 Å². The molecule has 2 rings (SSSR count). The Balaban J connectivity index is 2.45. The van der Waals surface area contributed by atoms with Crippen LogP contribution in [0.25, 0.3) is 5.69 Å².